The average Bonchev–Trinajstić information content (AvgIpc) is 2.70. The predicted octanol–water partition coefficient (Wildman–Crippen LogP) is 4.35. The lowest BCUT2D eigenvalue weighted by Gasteiger charge is -2.41. The maximum atomic E-state index is 14.0. The number of rotatable bonds is 3. The Bertz CT molecular complexity index is 914. The van der Waals surface area contributed by atoms with Crippen LogP contribution in [0.3, 0.4) is 0 Å². The van der Waals surface area contributed by atoms with Crippen molar-refractivity contribution in [1.82, 2.24) is 15.1 Å². The molecule has 160 valence electrons. The van der Waals surface area contributed by atoms with E-state index in [0.29, 0.717) is 18.7 Å². The van der Waals surface area contributed by atoms with E-state index in [0.717, 1.165) is 49.5 Å². The zero-order chi connectivity index (χ0) is 21.3. The van der Waals surface area contributed by atoms with Crippen LogP contribution in [0.15, 0.2) is 42.5 Å². The molecule has 30 heavy (non-hydrogen) atoms. The third kappa shape index (κ3) is 4.33. The van der Waals surface area contributed by atoms with Gasteiger partial charge in [0.15, 0.2) is 0 Å². The Morgan fingerprint density at radius 2 is 1.90 bits per heavy atom. The van der Waals surface area contributed by atoms with Gasteiger partial charge in [-0.3, -0.25) is 0 Å². The van der Waals surface area contributed by atoms with Crippen LogP contribution < -0.4 is 5.32 Å². The van der Waals surface area contributed by atoms with Crippen molar-refractivity contribution < 1.29 is 13.6 Å². The average molecular weight is 414 g/mol. The summed E-state index contributed by atoms with van der Waals surface area (Å²) in [5.41, 5.74) is 2.51. The van der Waals surface area contributed by atoms with Crippen molar-refractivity contribution in [1.29, 1.82) is 0 Å². The largest absolute Gasteiger partial charge is 0.337 e. The van der Waals surface area contributed by atoms with Crippen molar-refractivity contribution in [3.63, 3.8) is 0 Å². The molecule has 0 bridgehead atoms. The molecule has 2 aromatic carbocycles. The van der Waals surface area contributed by atoms with Crippen molar-refractivity contribution in [2.75, 3.05) is 33.2 Å². The molecule has 1 N–H and O–H groups in total. The topological polar surface area (TPSA) is 35.6 Å². The van der Waals surface area contributed by atoms with Gasteiger partial charge in [-0.25, -0.2) is 13.6 Å². The van der Waals surface area contributed by atoms with Crippen LogP contribution in [0.2, 0.25) is 0 Å². The highest BCUT2D eigenvalue weighted by Gasteiger charge is 2.35. The molecule has 0 aliphatic carbocycles. The lowest BCUT2D eigenvalue weighted by Crippen LogP contribution is -2.51. The fourth-order valence-corrected chi connectivity index (χ4v) is 5.00. The highest BCUT2D eigenvalue weighted by molar-refractivity contribution is 5.76. The molecular formula is C24H29F2N3O. The summed E-state index contributed by atoms with van der Waals surface area (Å²) in [5, 5.41) is 3.12. The van der Waals surface area contributed by atoms with Crippen LogP contribution in [-0.2, 0) is 6.42 Å². The molecule has 2 amide bonds. The number of amides is 2. The van der Waals surface area contributed by atoms with Gasteiger partial charge < -0.3 is 15.1 Å². The molecule has 6 heteroatoms. The smallest absolute Gasteiger partial charge is 0.318 e. The van der Waals surface area contributed by atoms with Gasteiger partial charge in [0.05, 0.1) is 6.04 Å². The summed E-state index contributed by atoms with van der Waals surface area (Å²) in [6, 6.07) is 10.6. The molecule has 1 saturated heterocycles. The van der Waals surface area contributed by atoms with E-state index in [9.17, 15) is 13.6 Å². The van der Waals surface area contributed by atoms with Crippen LogP contribution in [0.5, 0.6) is 0 Å². The maximum Gasteiger partial charge on any atom is 0.318 e. The monoisotopic (exact) mass is 413 g/mol. The number of hydrogen-bond acceptors (Lipinski definition) is 2. The Morgan fingerprint density at radius 3 is 2.63 bits per heavy atom. The number of fused-ring (bicyclic) bond motifs is 1. The molecule has 0 spiro atoms. The van der Waals surface area contributed by atoms with Crippen molar-refractivity contribution in [3.8, 4) is 0 Å². The van der Waals surface area contributed by atoms with E-state index >= 15 is 0 Å². The van der Waals surface area contributed by atoms with Crippen LogP contribution in [0, 0.1) is 17.0 Å². The summed E-state index contributed by atoms with van der Waals surface area (Å²) in [5.74, 6) is -1.27. The molecule has 2 aromatic rings. The standard InChI is InChI=1S/C24H29F2N3O/c1-24(9-5-10-28(2)16-24)15-27-23(30)29-11-8-17-6-3-4-7-21(17)22(29)18-12-19(25)14-20(26)13-18/h3-4,6-7,12-14,22H,5,8-11,15-16H2,1-2H3,(H,27,30)/t22-,24+/m1/s1. The summed E-state index contributed by atoms with van der Waals surface area (Å²) in [4.78, 5) is 17.3. The number of piperidine rings is 1. The number of hydrogen-bond donors (Lipinski definition) is 1. The van der Waals surface area contributed by atoms with Crippen LogP contribution in [0.4, 0.5) is 13.6 Å². The van der Waals surface area contributed by atoms with Crippen molar-refractivity contribution in [3.05, 3.63) is 70.8 Å². The molecule has 0 radical (unpaired) electrons. The van der Waals surface area contributed by atoms with Gasteiger partial charge in [-0.2, -0.15) is 0 Å². The Labute approximate surface area is 176 Å². The predicted molar refractivity (Wildman–Crippen MR) is 113 cm³/mol. The molecule has 2 heterocycles. The fraction of sp³-hybridized carbons (Fsp3) is 0.458. The van der Waals surface area contributed by atoms with Gasteiger partial charge in [-0.15, -0.1) is 0 Å². The molecule has 2 aliphatic heterocycles. The normalized spacial score (nSPS) is 24.4. The van der Waals surface area contributed by atoms with E-state index in [1.807, 2.05) is 24.3 Å². The van der Waals surface area contributed by atoms with Gasteiger partial charge in [0.2, 0.25) is 0 Å². The van der Waals surface area contributed by atoms with Crippen LogP contribution in [0.25, 0.3) is 0 Å². The van der Waals surface area contributed by atoms with E-state index in [2.05, 4.69) is 24.2 Å². The number of likely N-dealkylation sites (tertiary alicyclic amines) is 1. The molecule has 0 saturated carbocycles. The Balaban J connectivity index is 1.60. The lowest BCUT2D eigenvalue weighted by atomic mass is 9.82. The fourth-order valence-electron chi connectivity index (χ4n) is 5.00. The van der Waals surface area contributed by atoms with Crippen LogP contribution in [0.1, 0.15) is 42.5 Å². The zero-order valence-electron chi connectivity index (χ0n) is 17.6. The van der Waals surface area contributed by atoms with Gasteiger partial charge in [0.25, 0.3) is 0 Å². The number of carbonyl (C=O) groups is 1. The van der Waals surface area contributed by atoms with Gasteiger partial charge in [0, 0.05) is 25.7 Å². The number of carbonyl (C=O) groups excluding carboxylic acids is 1. The number of nitrogens with one attached hydrogen (secondary N) is 1. The molecule has 2 atom stereocenters. The minimum absolute atomic E-state index is 0.0246. The first-order valence-electron chi connectivity index (χ1n) is 10.6. The molecule has 2 aliphatic rings. The second-order valence-electron chi connectivity index (χ2n) is 9.06. The molecular weight excluding hydrogens is 384 g/mol. The van der Waals surface area contributed by atoms with Crippen molar-refractivity contribution >= 4 is 6.03 Å². The molecule has 1 fully saturated rings. The van der Waals surface area contributed by atoms with Crippen LogP contribution >= 0.6 is 0 Å². The quantitative estimate of drug-likeness (QED) is 0.812. The van der Waals surface area contributed by atoms with E-state index in [1.165, 1.54) is 12.1 Å². The van der Waals surface area contributed by atoms with E-state index in [1.54, 1.807) is 4.90 Å². The minimum Gasteiger partial charge on any atom is -0.337 e. The first kappa shape index (κ1) is 20.8. The van der Waals surface area contributed by atoms with Gasteiger partial charge >= 0.3 is 6.03 Å². The highest BCUT2D eigenvalue weighted by atomic mass is 19.1. The Kier molecular flexibility index (Phi) is 5.78. The third-order valence-corrected chi connectivity index (χ3v) is 6.38. The first-order chi connectivity index (χ1) is 14.3. The third-order valence-electron chi connectivity index (χ3n) is 6.38. The number of halogens is 2. The highest BCUT2D eigenvalue weighted by Crippen LogP contribution is 2.36. The zero-order valence-corrected chi connectivity index (χ0v) is 17.6. The maximum absolute atomic E-state index is 14.0. The van der Waals surface area contributed by atoms with E-state index < -0.39 is 17.7 Å². The minimum atomic E-state index is -0.633. The molecule has 0 unspecified atom stereocenters. The van der Waals surface area contributed by atoms with Crippen molar-refractivity contribution in [2.24, 2.45) is 5.41 Å². The number of urea groups is 1. The van der Waals surface area contributed by atoms with Crippen molar-refractivity contribution in [2.45, 2.75) is 32.2 Å². The summed E-state index contributed by atoms with van der Waals surface area (Å²) in [6.45, 7) is 5.31. The number of nitrogens with zero attached hydrogens (tertiary/aromatic N) is 2. The molecule has 0 aromatic heterocycles. The van der Waals surface area contributed by atoms with Gasteiger partial charge in [0.1, 0.15) is 11.6 Å². The summed E-state index contributed by atoms with van der Waals surface area (Å²) in [7, 11) is 2.11. The molecule has 4 rings (SSSR count). The second kappa shape index (κ2) is 8.34. The summed E-state index contributed by atoms with van der Waals surface area (Å²) in [6.07, 6.45) is 2.90. The Hall–Kier alpha value is -2.47. The SMILES string of the molecule is CN1CCC[C@@](C)(CNC(=O)N2CCc3ccccc3[C@H]2c2cc(F)cc(F)c2)C1. The molecule has 4 nitrogen and oxygen atoms in total. The van der Waals surface area contributed by atoms with E-state index in [4.69, 9.17) is 0 Å². The first-order valence-corrected chi connectivity index (χ1v) is 10.6. The number of benzene rings is 2. The summed E-state index contributed by atoms with van der Waals surface area (Å²) < 4.78 is 28.0. The van der Waals surface area contributed by atoms with Gasteiger partial charge in [-0.1, -0.05) is 31.2 Å². The second-order valence-corrected chi connectivity index (χ2v) is 9.06. The Morgan fingerprint density at radius 1 is 1.17 bits per heavy atom. The van der Waals surface area contributed by atoms with E-state index in [-0.39, 0.29) is 11.4 Å². The van der Waals surface area contributed by atoms with Crippen LogP contribution in [-0.4, -0.2) is 49.1 Å². The summed E-state index contributed by atoms with van der Waals surface area (Å²) >= 11 is 0. The lowest BCUT2D eigenvalue weighted by molar-refractivity contribution is 0.119. The van der Waals surface area contributed by atoms with Gasteiger partial charge in [-0.05, 0) is 67.1 Å².